The lowest BCUT2D eigenvalue weighted by atomic mass is 9.71. The van der Waals surface area contributed by atoms with Crippen LogP contribution >= 0.6 is 0 Å². The molecule has 1 aromatic rings. The number of esters is 1. The molecule has 114 valence electrons. The van der Waals surface area contributed by atoms with E-state index in [9.17, 15) is 4.79 Å². The van der Waals surface area contributed by atoms with Crippen LogP contribution in [0.3, 0.4) is 0 Å². The van der Waals surface area contributed by atoms with Gasteiger partial charge < -0.3 is 10.1 Å². The number of ether oxygens (including phenoxy) is 1. The summed E-state index contributed by atoms with van der Waals surface area (Å²) in [6.07, 6.45) is 10.8. The predicted molar refractivity (Wildman–Crippen MR) is 84.6 cm³/mol. The van der Waals surface area contributed by atoms with Gasteiger partial charge in [-0.05, 0) is 56.1 Å². The minimum atomic E-state index is -0.263. The lowest BCUT2D eigenvalue weighted by Crippen LogP contribution is -2.32. The van der Waals surface area contributed by atoms with Gasteiger partial charge in [0.2, 0.25) is 0 Å². The van der Waals surface area contributed by atoms with Crippen molar-refractivity contribution in [1.82, 2.24) is 0 Å². The Kier molecular flexibility index (Phi) is 4.18. The molecule has 2 aliphatic rings. The van der Waals surface area contributed by atoms with Gasteiger partial charge in [0, 0.05) is 11.7 Å². The summed E-state index contributed by atoms with van der Waals surface area (Å²) in [4.78, 5) is 11.8. The Morgan fingerprint density at radius 2 is 1.81 bits per heavy atom. The molecule has 1 spiro atoms. The second-order valence-corrected chi connectivity index (χ2v) is 6.66. The van der Waals surface area contributed by atoms with Crippen molar-refractivity contribution in [3.8, 4) is 0 Å². The Hall–Kier alpha value is -1.51. The van der Waals surface area contributed by atoms with Crippen LogP contribution in [0.15, 0.2) is 24.3 Å². The van der Waals surface area contributed by atoms with Crippen LogP contribution in [0.25, 0.3) is 0 Å². The molecule has 0 heterocycles. The standard InChI is InChI=1S/C18H25NO2/c1-21-17(20)15-6-2-3-7-16(15)19-14-8-12-18(13-9-14)10-4-5-11-18/h2-3,6-7,14,19H,4-5,8-13H2,1H3. The molecule has 2 fully saturated rings. The molecule has 0 atom stereocenters. The summed E-state index contributed by atoms with van der Waals surface area (Å²) < 4.78 is 4.86. The van der Waals surface area contributed by atoms with Gasteiger partial charge in [-0.1, -0.05) is 25.0 Å². The average Bonchev–Trinajstić information content (AvgIpc) is 2.98. The summed E-state index contributed by atoms with van der Waals surface area (Å²) in [7, 11) is 1.43. The molecule has 0 radical (unpaired) electrons. The normalized spacial score (nSPS) is 21.4. The van der Waals surface area contributed by atoms with Crippen LogP contribution in [0, 0.1) is 5.41 Å². The maximum atomic E-state index is 11.8. The zero-order chi connectivity index (χ0) is 14.7. The van der Waals surface area contributed by atoms with E-state index in [2.05, 4.69) is 5.32 Å². The first-order valence-electron chi connectivity index (χ1n) is 8.16. The first-order chi connectivity index (χ1) is 10.2. The zero-order valence-corrected chi connectivity index (χ0v) is 12.9. The highest BCUT2D eigenvalue weighted by Gasteiger charge is 2.37. The lowest BCUT2D eigenvalue weighted by Gasteiger charge is -2.38. The number of methoxy groups -OCH3 is 1. The van der Waals surface area contributed by atoms with E-state index in [0.717, 1.165) is 5.69 Å². The Balaban J connectivity index is 1.64. The Morgan fingerprint density at radius 1 is 1.14 bits per heavy atom. The van der Waals surface area contributed by atoms with Crippen molar-refractivity contribution >= 4 is 11.7 Å². The van der Waals surface area contributed by atoms with Gasteiger partial charge in [-0.3, -0.25) is 0 Å². The summed E-state index contributed by atoms with van der Waals surface area (Å²) in [5, 5.41) is 3.57. The first-order valence-corrected chi connectivity index (χ1v) is 8.16. The van der Waals surface area contributed by atoms with Crippen molar-refractivity contribution in [3.63, 3.8) is 0 Å². The summed E-state index contributed by atoms with van der Waals surface area (Å²) in [6, 6.07) is 8.14. The number of nitrogens with one attached hydrogen (secondary N) is 1. The summed E-state index contributed by atoms with van der Waals surface area (Å²) in [6.45, 7) is 0. The van der Waals surface area contributed by atoms with Crippen molar-refractivity contribution < 1.29 is 9.53 Å². The third-order valence-corrected chi connectivity index (χ3v) is 5.40. The topological polar surface area (TPSA) is 38.3 Å². The molecule has 3 rings (SSSR count). The van der Waals surface area contributed by atoms with Gasteiger partial charge in [0.1, 0.15) is 0 Å². The molecule has 0 aliphatic heterocycles. The van der Waals surface area contributed by atoms with Crippen LogP contribution in [-0.2, 0) is 4.74 Å². The maximum absolute atomic E-state index is 11.8. The fourth-order valence-electron chi connectivity index (χ4n) is 4.12. The highest BCUT2D eigenvalue weighted by Crippen LogP contribution is 2.49. The molecule has 21 heavy (non-hydrogen) atoms. The van der Waals surface area contributed by atoms with Crippen LogP contribution in [-0.4, -0.2) is 19.1 Å². The van der Waals surface area contributed by atoms with E-state index in [1.807, 2.05) is 24.3 Å². The monoisotopic (exact) mass is 287 g/mol. The van der Waals surface area contributed by atoms with E-state index in [-0.39, 0.29) is 5.97 Å². The summed E-state index contributed by atoms with van der Waals surface area (Å²) in [5.41, 5.74) is 2.21. The van der Waals surface area contributed by atoms with Crippen LogP contribution in [0.4, 0.5) is 5.69 Å². The third-order valence-electron chi connectivity index (χ3n) is 5.40. The van der Waals surface area contributed by atoms with Gasteiger partial charge in [-0.2, -0.15) is 0 Å². The van der Waals surface area contributed by atoms with Crippen molar-refractivity contribution in [3.05, 3.63) is 29.8 Å². The maximum Gasteiger partial charge on any atom is 0.339 e. The molecular weight excluding hydrogens is 262 g/mol. The SMILES string of the molecule is COC(=O)c1ccccc1NC1CCC2(CCCC2)CC1. The quantitative estimate of drug-likeness (QED) is 0.838. The first kappa shape index (κ1) is 14.4. The molecule has 1 aromatic carbocycles. The molecule has 0 amide bonds. The van der Waals surface area contributed by atoms with E-state index in [4.69, 9.17) is 4.74 Å². The number of hydrogen-bond donors (Lipinski definition) is 1. The summed E-state index contributed by atoms with van der Waals surface area (Å²) >= 11 is 0. The third kappa shape index (κ3) is 3.07. The number of anilines is 1. The molecule has 1 N–H and O–H groups in total. The van der Waals surface area contributed by atoms with E-state index in [0.29, 0.717) is 17.0 Å². The Morgan fingerprint density at radius 3 is 2.48 bits per heavy atom. The molecule has 2 aliphatic carbocycles. The van der Waals surface area contributed by atoms with Crippen LogP contribution in [0.5, 0.6) is 0 Å². The minimum Gasteiger partial charge on any atom is -0.465 e. The van der Waals surface area contributed by atoms with Gasteiger partial charge in [-0.15, -0.1) is 0 Å². The van der Waals surface area contributed by atoms with Gasteiger partial charge in [-0.25, -0.2) is 4.79 Å². The van der Waals surface area contributed by atoms with E-state index >= 15 is 0 Å². The number of rotatable bonds is 3. The van der Waals surface area contributed by atoms with Crippen LogP contribution in [0.2, 0.25) is 0 Å². The van der Waals surface area contributed by atoms with Gasteiger partial charge in [0.15, 0.2) is 0 Å². The highest BCUT2D eigenvalue weighted by molar-refractivity contribution is 5.95. The number of hydrogen-bond acceptors (Lipinski definition) is 3. The van der Waals surface area contributed by atoms with Crippen molar-refractivity contribution in [2.45, 2.75) is 57.4 Å². The average molecular weight is 287 g/mol. The second kappa shape index (κ2) is 6.08. The molecule has 0 unspecified atom stereocenters. The van der Waals surface area contributed by atoms with E-state index in [1.54, 1.807) is 0 Å². The number of carbonyl (C=O) groups excluding carboxylic acids is 1. The second-order valence-electron chi connectivity index (χ2n) is 6.66. The van der Waals surface area contributed by atoms with Crippen LogP contribution in [0.1, 0.15) is 61.7 Å². The molecule has 0 bridgehead atoms. The molecule has 3 nitrogen and oxygen atoms in total. The highest BCUT2D eigenvalue weighted by atomic mass is 16.5. The van der Waals surface area contributed by atoms with Crippen LogP contribution < -0.4 is 5.32 Å². The number of para-hydroxylation sites is 1. The molecular formula is C18H25NO2. The fourth-order valence-corrected chi connectivity index (χ4v) is 4.12. The smallest absolute Gasteiger partial charge is 0.339 e. The molecule has 0 aromatic heterocycles. The fraction of sp³-hybridized carbons (Fsp3) is 0.611. The van der Waals surface area contributed by atoms with Gasteiger partial charge in [0.25, 0.3) is 0 Å². The van der Waals surface area contributed by atoms with Gasteiger partial charge in [0.05, 0.1) is 12.7 Å². The van der Waals surface area contributed by atoms with Crippen molar-refractivity contribution in [2.75, 3.05) is 12.4 Å². The zero-order valence-electron chi connectivity index (χ0n) is 12.9. The van der Waals surface area contributed by atoms with Crippen molar-refractivity contribution in [2.24, 2.45) is 5.41 Å². The summed E-state index contributed by atoms with van der Waals surface area (Å²) in [5.74, 6) is -0.263. The Labute approximate surface area is 127 Å². The minimum absolute atomic E-state index is 0.263. The molecule has 3 heteroatoms. The van der Waals surface area contributed by atoms with Gasteiger partial charge >= 0.3 is 5.97 Å². The van der Waals surface area contributed by atoms with Crippen molar-refractivity contribution in [1.29, 1.82) is 0 Å². The molecule has 2 saturated carbocycles. The van der Waals surface area contributed by atoms with E-state index < -0.39 is 0 Å². The number of carbonyl (C=O) groups is 1. The largest absolute Gasteiger partial charge is 0.465 e. The number of benzene rings is 1. The lowest BCUT2D eigenvalue weighted by molar-refractivity contribution is 0.0601. The van der Waals surface area contributed by atoms with E-state index in [1.165, 1.54) is 58.5 Å². The molecule has 0 saturated heterocycles. The predicted octanol–water partition coefficient (Wildman–Crippen LogP) is 4.39. The Bertz CT molecular complexity index is 496.